The predicted octanol–water partition coefficient (Wildman–Crippen LogP) is 2.31. The highest BCUT2D eigenvalue weighted by atomic mass is 32.2. The van der Waals surface area contributed by atoms with E-state index in [1.807, 2.05) is 25.1 Å². The summed E-state index contributed by atoms with van der Waals surface area (Å²) in [6.45, 7) is 2.47. The molecule has 0 saturated heterocycles. The van der Waals surface area contributed by atoms with Gasteiger partial charge in [-0.1, -0.05) is 24.3 Å². The van der Waals surface area contributed by atoms with Crippen molar-refractivity contribution in [3.8, 4) is 5.75 Å². The van der Waals surface area contributed by atoms with Crippen molar-refractivity contribution in [3.05, 3.63) is 59.7 Å². The zero-order valence-electron chi connectivity index (χ0n) is 12.0. The van der Waals surface area contributed by atoms with Gasteiger partial charge in [0.05, 0.1) is 10.6 Å². The first-order chi connectivity index (χ1) is 10.0. The van der Waals surface area contributed by atoms with Gasteiger partial charge in [-0.3, -0.25) is 0 Å². The standard InChI is InChI=1S/C16H19NO3S/c1-13-3-2-4-16(11-13)21(18,19)10-9-20-15-7-5-14(12-17)6-8-15/h2-8,11H,9-10,12,17H2,1H3. The van der Waals surface area contributed by atoms with E-state index in [0.29, 0.717) is 17.2 Å². The molecule has 2 N–H and O–H groups in total. The van der Waals surface area contributed by atoms with Crippen molar-refractivity contribution in [2.75, 3.05) is 12.4 Å². The molecule has 0 aliphatic carbocycles. The summed E-state index contributed by atoms with van der Waals surface area (Å²) in [7, 11) is -3.31. The van der Waals surface area contributed by atoms with E-state index in [-0.39, 0.29) is 12.4 Å². The molecular formula is C16H19NO3S. The Bertz CT molecular complexity index is 694. The molecule has 2 aromatic rings. The summed E-state index contributed by atoms with van der Waals surface area (Å²) in [6.07, 6.45) is 0. The molecule has 2 aromatic carbocycles. The molecule has 0 heterocycles. The second-order valence-electron chi connectivity index (χ2n) is 4.83. The van der Waals surface area contributed by atoms with Crippen LogP contribution in [0.3, 0.4) is 0 Å². The van der Waals surface area contributed by atoms with Gasteiger partial charge in [0.25, 0.3) is 0 Å². The van der Waals surface area contributed by atoms with E-state index in [4.69, 9.17) is 10.5 Å². The average Bonchev–Trinajstić information content (AvgIpc) is 2.48. The first kappa shape index (κ1) is 15.5. The minimum Gasteiger partial charge on any atom is -0.493 e. The number of sulfone groups is 1. The number of rotatable bonds is 6. The van der Waals surface area contributed by atoms with Gasteiger partial charge in [-0.25, -0.2) is 8.42 Å². The van der Waals surface area contributed by atoms with Crippen molar-refractivity contribution in [1.29, 1.82) is 0 Å². The van der Waals surface area contributed by atoms with Crippen LogP contribution in [0.5, 0.6) is 5.75 Å². The van der Waals surface area contributed by atoms with Gasteiger partial charge < -0.3 is 10.5 Å². The van der Waals surface area contributed by atoms with Crippen molar-refractivity contribution in [3.63, 3.8) is 0 Å². The molecule has 0 atom stereocenters. The van der Waals surface area contributed by atoms with Gasteiger partial charge in [-0.2, -0.15) is 0 Å². The molecule has 21 heavy (non-hydrogen) atoms. The van der Waals surface area contributed by atoms with Crippen LogP contribution in [0.15, 0.2) is 53.4 Å². The Morgan fingerprint density at radius 2 is 1.81 bits per heavy atom. The van der Waals surface area contributed by atoms with E-state index in [1.54, 1.807) is 30.3 Å². The van der Waals surface area contributed by atoms with Gasteiger partial charge in [-0.15, -0.1) is 0 Å². The first-order valence-electron chi connectivity index (χ1n) is 6.72. The lowest BCUT2D eigenvalue weighted by molar-refractivity contribution is 0.341. The Hall–Kier alpha value is -1.85. The molecule has 2 rings (SSSR count). The van der Waals surface area contributed by atoms with Gasteiger partial charge in [0, 0.05) is 6.54 Å². The van der Waals surface area contributed by atoms with Crippen LogP contribution < -0.4 is 10.5 Å². The van der Waals surface area contributed by atoms with E-state index < -0.39 is 9.84 Å². The van der Waals surface area contributed by atoms with E-state index >= 15 is 0 Å². The second-order valence-corrected chi connectivity index (χ2v) is 6.94. The van der Waals surface area contributed by atoms with Crippen molar-refractivity contribution >= 4 is 9.84 Å². The summed E-state index contributed by atoms with van der Waals surface area (Å²) in [5.74, 6) is 0.599. The molecule has 0 aromatic heterocycles. The lowest BCUT2D eigenvalue weighted by atomic mass is 10.2. The zero-order chi connectivity index (χ0) is 15.3. The normalized spacial score (nSPS) is 11.3. The van der Waals surface area contributed by atoms with E-state index in [1.165, 1.54) is 0 Å². The summed E-state index contributed by atoms with van der Waals surface area (Å²) in [6, 6.07) is 14.2. The largest absolute Gasteiger partial charge is 0.493 e. The van der Waals surface area contributed by atoms with Crippen LogP contribution in [0.1, 0.15) is 11.1 Å². The number of nitrogens with two attached hydrogens (primary N) is 1. The number of aryl methyl sites for hydroxylation is 1. The zero-order valence-corrected chi connectivity index (χ0v) is 12.8. The Morgan fingerprint density at radius 1 is 1.10 bits per heavy atom. The van der Waals surface area contributed by atoms with Gasteiger partial charge in [0.15, 0.2) is 9.84 Å². The van der Waals surface area contributed by atoms with Crippen molar-refractivity contribution < 1.29 is 13.2 Å². The molecule has 112 valence electrons. The number of hydrogen-bond donors (Lipinski definition) is 1. The monoisotopic (exact) mass is 305 g/mol. The summed E-state index contributed by atoms with van der Waals surface area (Å²) < 4.78 is 29.8. The molecule has 0 bridgehead atoms. The molecule has 0 unspecified atom stereocenters. The smallest absolute Gasteiger partial charge is 0.181 e. The maximum absolute atomic E-state index is 12.2. The molecule has 5 heteroatoms. The van der Waals surface area contributed by atoms with Crippen LogP contribution in [0.25, 0.3) is 0 Å². The average molecular weight is 305 g/mol. The topological polar surface area (TPSA) is 69.4 Å². The second kappa shape index (κ2) is 6.74. The third-order valence-corrected chi connectivity index (χ3v) is 4.80. The Kier molecular flexibility index (Phi) is 4.98. The van der Waals surface area contributed by atoms with Crippen LogP contribution in [-0.4, -0.2) is 20.8 Å². The predicted molar refractivity (Wildman–Crippen MR) is 83.1 cm³/mol. The molecule has 0 aliphatic heterocycles. The van der Waals surface area contributed by atoms with Crippen LogP contribution in [-0.2, 0) is 16.4 Å². The van der Waals surface area contributed by atoms with E-state index in [2.05, 4.69) is 0 Å². The molecule has 0 radical (unpaired) electrons. The fourth-order valence-corrected chi connectivity index (χ4v) is 3.11. The van der Waals surface area contributed by atoms with Crippen LogP contribution >= 0.6 is 0 Å². The Morgan fingerprint density at radius 3 is 2.43 bits per heavy atom. The van der Waals surface area contributed by atoms with Crippen LogP contribution in [0.4, 0.5) is 0 Å². The first-order valence-corrected chi connectivity index (χ1v) is 8.38. The molecule has 0 aliphatic rings. The number of ether oxygens (including phenoxy) is 1. The lowest BCUT2D eigenvalue weighted by Gasteiger charge is -2.08. The highest BCUT2D eigenvalue weighted by molar-refractivity contribution is 7.91. The maximum Gasteiger partial charge on any atom is 0.181 e. The van der Waals surface area contributed by atoms with Gasteiger partial charge in [0.1, 0.15) is 12.4 Å². The molecule has 4 nitrogen and oxygen atoms in total. The van der Waals surface area contributed by atoms with Gasteiger partial charge >= 0.3 is 0 Å². The SMILES string of the molecule is Cc1cccc(S(=O)(=O)CCOc2ccc(CN)cc2)c1. The fourth-order valence-electron chi connectivity index (χ4n) is 1.92. The van der Waals surface area contributed by atoms with E-state index in [9.17, 15) is 8.42 Å². The van der Waals surface area contributed by atoms with Crippen LogP contribution in [0, 0.1) is 6.92 Å². The summed E-state index contributed by atoms with van der Waals surface area (Å²) in [5.41, 5.74) is 7.45. The highest BCUT2D eigenvalue weighted by Gasteiger charge is 2.14. The summed E-state index contributed by atoms with van der Waals surface area (Å²) in [5, 5.41) is 0. The Balaban J connectivity index is 1.95. The van der Waals surface area contributed by atoms with E-state index in [0.717, 1.165) is 11.1 Å². The quantitative estimate of drug-likeness (QED) is 0.889. The number of hydrogen-bond acceptors (Lipinski definition) is 4. The molecule has 0 spiro atoms. The maximum atomic E-state index is 12.2. The lowest BCUT2D eigenvalue weighted by Crippen LogP contribution is -2.14. The van der Waals surface area contributed by atoms with Crippen molar-refractivity contribution in [2.24, 2.45) is 5.73 Å². The molecule has 0 amide bonds. The highest BCUT2D eigenvalue weighted by Crippen LogP contribution is 2.15. The molecule has 0 fully saturated rings. The number of benzene rings is 2. The summed E-state index contributed by atoms with van der Waals surface area (Å²) >= 11 is 0. The van der Waals surface area contributed by atoms with Crippen molar-refractivity contribution in [2.45, 2.75) is 18.4 Å². The third-order valence-electron chi connectivity index (χ3n) is 3.13. The van der Waals surface area contributed by atoms with Crippen molar-refractivity contribution in [1.82, 2.24) is 0 Å². The fraction of sp³-hybridized carbons (Fsp3) is 0.250. The Labute approximate surface area is 125 Å². The van der Waals surface area contributed by atoms with Gasteiger partial charge in [-0.05, 0) is 42.3 Å². The third kappa shape index (κ3) is 4.31. The van der Waals surface area contributed by atoms with Gasteiger partial charge in [0.2, 0.25) is 0 Å². The molecular weight excluding hydrogens is 286 g/mol. The summed E-state index contributed by atoms with van der Waals surface area (Å²) in [4.78, 5) is 0.338. The minimum absolute atomic E-state index is 0.0465. The minimum atomic E-state index is -3.31. The molecule has 0 saturated carbocycles. The van der Waals surface area contributed by atoms with Crippen LogP contribution in [0.2, 0.25) is 0 Å².